The molecule has 0 saturated heterocycles. The van der Waals surface area contributed by atoms with Crippen LogP contribution in [0, 0.1) is 11.7 Å². The van der Waals surface area contributed by atoms with Crippen LogP contribution < -0.4 is 5.32 Å². The molecule has 0 aliphatic heterocycles. The minimum atomic E-state index is -0.686. The first-order valence-electron chi connectivity index (χ1n) is 7.28. The Bertz CT molecular complexity index is 464. The molecule has 3 nitrogen and oxygen atoms in total. The van der Waals surface area contributed by atoms with E-state index < -0.39 is 5.97 Å². The zero-order valence-electron chi connectivity index (χ0n) is 11.8. The Morgan fingerprint density at radius 1 is 1.50 bits per heavy atom. The van der Waals surface area contributed by atoms with E-state index in [0.29, 0.717) is 6.42 Å². The summed E-state index contributed by atoms with van der Waals surface area (Å²) >= 11 is 0. The van der Waals surface area contributed by atoms with Crippen molar-refractivity contribution in [2.75, 3.05) is 0 Å². The second kappa shape index (κ2) is 6.84. The summed E-state index contributed by atoms with van der Waals surface area (Å²) in [4.78, 5) is 11.0. The highest BCUT2D eigenvalue weighted by molar-refractivity contribution is 5.70. The van der Waals surface area contributed by atoms with Crippen molar-refractivity contribution in [1.82, 2.24) is 5.32 Å². The van der Waals surface area contributed by atoms with Gasteiger partial charge in [0.1, 0.15) is 5.82 Å². The predicted molar refractivity (Wildman–Crippen MR) is 76.1 cm³/mol. The molecule has 0 amide bonds. The molecule has 1 aromatic carbocycles. The largest absolute Gasteiger partial charge is 0.481 e. The van der Waals surface area contributed by atoms with Crippen molar-refractivity contribution >= 4 is 5.97 Å². The number of hydrogen-bond acceptors (Lipinski definition) is 2. The highest BCUT2D eigenvalue weighted by atomic mass is 19.1. The van der Waals surface area contributed by atoms with E-state index >= 15 is 0 Å². The lowest BCUT2D eigenvalue weighted by molar-refractivity contribution is -0.143. The SMILES string of the molecule is CC(Cc1cccc(F)c1)NC1CCCC(C(=O)O)C1. The van der Waals surface area contributed by atoms with Crippen molar-refractivity contribution < 1.29 is 14.3 Å². The van der Waals surface area contributed by atoms with Crippen LogP contribution in [0.5, 0.6) is 0 Å². The van der Waals surface area contributed by atoms with Crippen LogP contribution in [0.25, 0.3) is 0 Å². The number of aliphatic carboxylic acids is 1. The summed E-state index contributed by atoms with van der Waals surface area (Å²) in [6.45, 7) is 2.06. The Morgan fingerprint density at radius 3 is 3.00 bits per heavy atom. The Kier molecular flexibility index (Phi) is 5.12. The van der Waals surface area contributed by atoms with E-state index in [1.807, 2.05) is 6.07 Å². The molecule has 3 atom stereocenters. The van der Waals surface area contributed by atoms with Crippen LogP contribution in [0.1, 0.15) is 38.2 Å². The minimum absolute atomic E-state index is 0.210. The van der Waals surface area contributed by atoms with Gasteiger partial charge in [-0.2, -0.15) is 0 Å². The van der Waals surface area contributed by atoms with Gasteiger partial charge >= 0.3 is 5.97 Å². The molecule has 0 aromatic heterocycles. The summed E-state index contributed by atoms with van der Waals surface area (Å²) in [5.41, 5.74) is 0.968. The van der Waals surface area contributed by atoms with Crippen LogP contribution in [-0.4, -0.2) is 23.2 Å². The Balaban J connectivity index is 1.85. The number of hydrogen-bond donors (Lipinski definition) is 2. The molecule has 2 rings (SSSR count). The van der Waals surface area contributed by atoms with Gasteiger partial charge in [-0.1, -0.05) is 18.6 Å². The molecule has 0 spiro atoms. The smallest absolute Gasteiger partial charge is 0.306 e. The molecule has 0 bridgehead atoms. The molecule has 1 aliphatic rings. The molecule has 0 radical (unpaired) electrons. The van der Waals surface area contributed by atoms with Crippen LogP contribution in [-0.2, 0) is 11.2 Å². The summed E-state index contributed by atoms with van der Waals surface area (Å²) < 4.78 is 13.1. The van der Waals surface area contributed by atoms with Gasteiger partial charge in [0.15, 0.2) is 0 Å². The molecule has 2 N–H and O–H groups in total. The van der Waals surface area contributed by atoms with E-state index in [2.05, 4.69) is 12.2 Å². The Labute approximate surface area is 119 Å². The quantitative estimate of drug-likeness (QED) is 0.871. The highest BCUT2D eigenvalue weighted by Crippen LogP contribution is 2.25. The van der Waals surface area contributed by atoms with Crippen molar-refractivity contribution in [3.8, 4) is 0 Å². The van der Waals surface area contributed by atoms with Gasteiger partial charge in [-0.3, -0.25) is 4.79 Å². The third-order valence-electron chi connectivity index (χ3n) is 3.97. The summed E-state index contributed by atoms with van der Waals surface area (Å²) in [7, 11) is 0. The van der Waals surface area contributed by atoms with Gasteiger partial charge in [-0.25, -0.2) is 4.39 Å². The molecule has 1 aliphatic carbocycles. The minimum Gasteiger partial charge on any atom is -0.481 e. The van der Waals surface area contributed by atoms with Gasteiger partial charge < -0.3 is 10.4 Å². The van der Waals surface area contributed by atoms with E-state index in [1.165, 1.54) is 6.07 Å². The molecule has 0 heterocycles. The molecule has 110 valence electrons. The maximum Gasteiger partial charge on any atom is 0.306 e. The summed E-state index contributed by atoms with van der Waals surface area (Å²) in [6, 6.07) is 7.11. The van der Waals surface area contributed by atoms with Gasteiger partial charge in [-0.05, 0) is 50.3 Å². The number of rotatable bonds is 5. The lowest BCUT2D eigenvalue weighted by Crippen LogP contribution is -2.42. The molecule has 1 aromatic rings. The van der Waals surface area contributed by atoms with Crippen LogP contribution in [0.4, 0.5) is 4.39 Å². The molecule has 20 heavy (non-hydrogen) atoms. The first-order valence-corrected chi connectivity index (χ1v) is 7.28. The number of carboxylic acid groups (broad SMARTS) is 1. The van der Waals surface area contributed by atoms with Crippen LogP contribution in [0.2, 0.25) is 0 Å². The topological polar surface area (TPSA) is 49.3 Å². The Morgan fingerprint density at radius 2 is 2.30 bits per heavy atom. The van der Waals surface area contributed by atoms with Crippen molar-refractivity contribution in [3.63, 3.8) is 0 Å². The standard InChI is InChI=1S/C16H22FNO2/c1-11(8-12-4-2-6-14(17)9-12)18-15-7-3-5-13(10-15)16(19)20/h2,4,6,9,11,13,15,18H,3,5,7-8,10H2,1H3,(H,19,20). The first kappa shape index (κ1) is 15.0. The normalized spacial score (nSPS) is 24.3. The van der Waals surface area contributed by atoms with E-state index in [-0.39, 0.29) is 23.8 Å². The van der Waals surface area contributed by atoms with Crippen LogP contribution in [0.3, 0.4) is 0 Å². The van der Waals surface area contributed by atoms with Gasteiger partial charge in [0.2, 0.25) is 0 Å². The Hall–Kier alpha value is -1.42. The van der Waals surface area contributed by atoms with Gasteiger partial charge in [0, 0.05) is 12.1 Å². The molecule has 4 heteroatoms. The average Bonchev–Trinajstić information content (AvgIpc) is 2.38. The van der Waals surface area contributed by atoms with Crippen molar-refractivity contribution in [2.45, 2.75) is 51.1 Å². The van der Waals surface area contributed by atoms with Gasteiger partial charge in [-0.15, -0.1) is 0 Å². The van der Waals surface area contributed by atoms with Crippen LogP contribution >= 0.6 is 0 Å². The average molecular weight is 279 g/mol. The fourth-order valence-corrected chi connectivity index (χ4v) is 3.04. The number of nitrogens with one attached hydrogen (secondary N) is 1. The maximum absolute atomic E-state index is 13.1. The van der Waals surface area contributed by atoms with Crippen LogP contribution in [0.15, 0.2) is 24.3 Å². The monoisotopic (exact) mass is 279 g/mol. The number of halogens is 1. The summed E-state index contributed by atoms with van der Waals surface area (Å²) in [5, 5.41) is 12.6. The number of benzene rings is 1. The van der Waals surface area contributed by atoms with Crippen molar-refractivity contribution in [1.29, 1.82) is 0 Å². The second-order valence-electron chi connectivity index (χ2n) is 5.80. The summed E-state index contributed by atoms with van der Waals surface area (Å²) in [6.07, 6.45) is 4.22. The zero-order valence-corrected chi connectivity index (χ0v) is 11.8. The fraction of sp³-hybridized carbons (Fsp3) is 0.562. The molecule has 1 saturated carbocycles. The number of carbonyl (C=O) groups is 1. The molecule has 3 unspecified atom stereocenters. The van der Waals surface area contributed by atoms with Crippen molar-refractivity contribution in [2.24, 2.45) is 5.92 Å². The van der Waals surface area contributed by atoms with E-state index in [1.54, 1.807) is 12.1 Å². The third-order valence-corrected chi connectivity index (χ3v) is 3.97. The third kappa shape index (κ3) is 4.30. The molecule has 1 fully saturated rings. The predicted octanol–water partition coefficient (Wildman–Crippen LogP) is 2.99. The van der Waals surface area contributed by atoms with Crippen molar-refractivity contribution in [3.05, 3.63) is 35.6 Å². The fourth-order valence-electron chi connectivity index (χ4n) is 3.04. The second-order valence-corrected chi connectivity index (χ2v) is 5.80. The summed E-state index contributed by atoms with van der Waals surface area (Å²) in [5.74, 6) is -1.12. The van der Waals surface area contributed by atoms with Gasteiger partial charge in [0.05, 0.1) is 5.92 Å². The zero-order chi connectivity index (χ0) is 14.5. The van der Waals surface area contributed by atoms with E-state index in [0.717, 1.165) is 31.2 Å². The molecular weight excluding hydrogens is 257 g/mol. The van der Waals surface area contributed by atoms with Gasteiger partial charge in [0.25, 0.3) is 0 Å². The molecular formula is C16H22FNO2. The number of carboxylic acids is 1. The van der Waals surface area contributed by atoms with E-state index in [4.69, 9.17) is 5.11 Å². The first-order chi connectivity index (χ1) is 9.54. The lowest BCUT2D eigenvalue weighted by atomic mass is 9.85. The van der Waals surface area contributed by atoms with E-state index in [9.17, 15) is 9.18 Å². The highest BCUT2D eigenvalue weighted by Gasteiger charge is 2.27. The maximum atomic E-state index is 13.1. The lowest BCUT2D eigenvalue weighted by Gasteiger charge is -2.30.